The van der Waals surface area contributed by atoms with Crippen LogP contribution in [-0.4, -0.2) is 42.1 Å². The van der Waals surface area contributed by atoms with Crippen molar-refractivity contribution in [2.24, 2.45) is 0 Å². The van der Waals surface area contributed by atoms with E-state index >= 15 is 0 Å². The Hall–Kier alpha value is -3.02. The van der Waals surface area contributed by atoms with Crippen molar-refractivity contribution in [1.29, 1.82) is 0 Å². The number of carbonyl (C=O) groups excluding carboxylic acids is 1. The Bertz CT molecular complexity index is 885. The van der Waals surface area contributed by atoms with Gasteiger partial charge in [0, 0.05) is 38.1 Å². The molecule has 1 aliphatic heterocycles. The zero-order chi connectivity index (χ0) is 17.2. The summed E-state index contributed by atoms with van der Waals surface area (Å²) < 4.78 is 14.0. The fourth-order valence-corrected chi connectivity index (χ4v) is 3.24. The zero-order valence-corrected chi connectivity index (χ0v) is 13.7. The summed E-state index contributed by atoms with van der Waals surface area (Å²) in [5, 5.41) is 3.24. The molecule has 1 fully saturated rings. The van der Waals surface area contributed by atoms with E-state index in [-0.39, 0.29) is 11.8 Å². The van der Waals surface area contributed by atoms with Gasteiger partial charge in [-0.25, -0.2) is 9.18 Å². The van der Waals surface area contributed by atoms with Gasteiger partial charge in [0.2, 0.25) is 0 Å². The van der Waals surface area contributed by atoms with Crippen molar-refractivity contribution >= 4 is 28.3 Å². The van der Waals surface area contributed by atoms with Gasteiger partial charge in [0.15, 0.2) is 0 Å². The van der Waals surface area contributed by atoms with E-state index in [4.69, 9.17) is 0 Å². The number of hydrogen-bond acceptors (Lipinski definition) is 2. The second-order valence-electron chi connectivity index (χ2n) is 6.10. The van der Waals surface area contributed by atoms with Gasteiger partial charge >= 0.3 is 6.03 Å². The van der Waals surface area contributed by atoms with Crippen molar-refractivity contribution in [2.45, 2.75) is 0 Å². The first kappa shape index (κ1) is 15.5. The maximum Gasteiger partial charge on any atom is 0.322 e. The average Bonchev–Trinajstić information content (AvgIpc) is 3.07. The van der Waals surface area contributed by atoms with Crippen molar-refractivity contribution in [3.63, 3.8) is 0 Å². The molecule has 0 bridgehead atoms. The summed E-state index contributed by atoms with van der Waals surface area (Å²) in [6.45, 7) is 2.82. The van der Waals surface area contributed by atoms with Gasteiger partial charge in [-0.05, 0) is 24.3 Å². The van der Waals surface area contributed by atoms with E-state index in [9.17, 15) is 9.18 Å². The summed E-state index contributed by atoms with van der Waals surface area (Å²) >= 11 is 0. The van der Waals surface area contributed by atoms with Crippen LogP contribution in [-0.2, 0) is 0 Å². The zero-order valence-electron chi connectivity index (χ0n) is 13.7. The van der Waals surface area contributed by atoms with Crippen molar-refractivity contribution < 1.29 is 9.18 Å². The van der Waals surface area contributed by atoms with E-state index in [0.717, 1.165) is 13.1 Å². The number of urea groups is 1. The molecular formula is C19H19FN4O. The Balaban J connectivity index is 1.42. The van der Waals surface area contributed by atoms with Crippen molar-refractivity contribution in [3.05, 3.63) is 60.5 Å². The largest absolute Gasteiger partial charge is 0.368 e. The molecular weight excluding hydrogens is 319 g/mol. The molecule has 0 saturated carbocycles. The maximum absolute atomic E-state index is 14.0. The van der Waals surface area contributed by atoms with Crippen LogP contribution in [0.5, 0.6) is 0 Å². The molecule has 25 heavy (non-hydrogen) atoms. The van der Waals surface area contributed by atoms with Crippen LogP contribution in [0.1, 0.15) is 0 Å². The number of H-pyrrole nitrogens is 1. The standard InChI is InChI=1S/C19H19FN4O/c20-15-7-4-8-16-18(15)17(13-21-16)22-19(25)24-11-9-23(10-12-24)14-5-2-1-3-6-14/h1-8,13,21H,9-12H2,(H,22,25). The highest BCUT2D eigenvalue weighted by molar-refractivity contribution is 6.01. The van der Waals surface area contributed by atoms with Gasteiger partial charge in [-0.15, -0.1) is 0 Å². The third-order valence-corrected chi connectivity index (χ3v) is 4.58. The van der Waals surface area contributed by atoms with Crippen LogP contribution >= 0.6 is 0 Å². The molecule has 2 heterocycles. The Labute approximate surface area is 145 Å². The van der Waals surface area contributed by atoms with Crippen molar-refractivity contribution in [1.82, 2.24) is 9.88 Å². The number of aromatic nitrogens is 1. The van der Waals surface area contributed by atoms with E-state index < -0.39 is 0 Å². The van der Waals surface area contributed by atoms with Crippen LogP contribution in [0, 0.1) is 5.82 Å². The minimum absolute atomic E-state index is 0.197. The summed E-state index contributed by atoms with van der Waals surface area (Å²) in [4.78, 5) is 19.5. The number of piperazine rings is 1. The summed E-state index contributed by atoms with van der Waals surface area (Å²) in [5.74, 6) is -0.344. The summed E-state index contributed by atoms with van der Waals surface area (Å²) in [7, 11) is 0. The third-order valence-electron chi connectivity index (χ3n) is 4.58. The van der Waals surface area contributed by atoms with E-state index in [1.165, 1.54) is 11.8 Å². The molecule has 1 aliphatic rings. The van der Waals surface area contributed by atoms with Crippen LogP contribution in [0.25, 0.3) is 10.9 Å². The van der Waals surface area contributed by atoms with Crippen LogP contribution in [0.3, 0.4) is 0 Å². The first-order valence-corrected chi connectivity index (χ1v) is 8.34. The fourth-order valence-electron chi connectivity index (χ4n) is 3.24. The second-order valence-corrected chi connectivity index (χ2v) is 6.10. The minimum Gasteiger partial charge on any atom is -0.368 e. The van der Waals surface area contributed by atoms with Crippen molar-refractivity contribution in [3.8, 4) is 0 Å². The Morgan fingerprint density at radius 1 is 1.00 bits per heavy atom. The number of para-hydroxylation sites is 1. The van der Waals surface area contributed by atoms with Crippen LogP contribution < -0.4 is 10.2 Å². The highest BCUT2D eigenvalue weighted by Crippen LogP contribution is 2.26. The molecule has 5 nitrogen and oxygen atoms in total. The number of amides is 2. The molecule has 4 rings (SSSR count). The van der Waals surface area contributed by atoms with E-state index in [0.29, 0.717) is 29.7 Å². The first-order valence-electron chi connectivity index (χ1n) is 8.34. The number of nitrogens with one attached hydrogen (secondary N) is 2. The van der Waals surface area contributed by atoms with Crippen LogP contribution in [0.2, 0.25) is 0 Å². The van der Waals surface area contributed by atoms with Crippen LogP contribution in [0.4, 0.5) is 20.6 Å². The molecule has 1 saturated heterocycles. The lowest BCUT2D eigenvalue weighted by atomic mass is 10.2. The van der Waals surface area contributed by atoms with Gasteiger partial charge < -0.3 is 20.1 Å². The topological polar surface area (TPSA) is 51.4 Å². The molecule has 128 valence electrons. The minimum atomic E-state index is -0.344. The molecule has 1 aromatic heterocycles. The molecule has 0 radical (unpaired) electrons. The lowest BCUT2D eigenvalue weighted by Gasteiger charge is -2.36. The molecule has 0 spiro atoms. The van der Waals surface area contributed by atoms with Gasteiger partial charge in [0.1, 0.15) is 5.82 Å². The maximum atomic E-state index is 14.0. The number of anilines is 2. The smallest absolute Gasteiger partial charge is 0.322 e. The number of hydrogen-bond donors (Lipinski definition) is 2. The molecule has 6 heteroatoms. The van der Waals surface area contributed by atoms with Gasteiger partial charge in [-0.3, -0.25) is 0 Å². The van der Waals surface area contributed by atoms with Crippen molar-refractivity contribution in [2.75, 3.05) is 36.4 Å². The number of halogens is 1. The fraction of sp³-hybridized carbons (Fsp3) is 0.211. The summed E-state index contributed by atoms with van der Waals surface area (Å²) in [6.07, 6.45) is 1.63. The molecule has 0 atom stereocenters. The van der Waals surface area contributed by atoms with Gasteiger partial charge in [-0.2, -0.15) is 0 Å². The van der Waals surface area contributed by atoms with E-state index in [2.05, 4.69) is 27.3 Å². The number of benzene rings is 2. The molecule has 2 N–H and O–H groups in total. The molecule has 0 unspecified atom stereocenters. The Kier molecular flexibility index (Phi) is 4.01. The lowest BCUT2D eigenvalue weighted by molar-refractivity contribution is 0.208. The number of aromatic amines is 1. The highest BCUT2D eigenvalue weighted by Gasteiger charge is 2.22. The monoisotopic (exact) mass is 338 g/mol. The average molecular weight is 338 g/mol. The molecule has 3 aromatic rings. The summed E-state index contributed by atoms with van der Waals surface area (Å²) in [6, 6.07) is 14.8. The van der Waals surface area contributed by atoms with E-state index in [1.807, 2.05) is 18.2 Å². The molecule has 0 aliphatic carbocycles. The summed E-state index contributed by atoms with van der Waals surface area (Å²) in [5.41, 5.74) is 2.31. The van der Waals surface area contributed by atoms with Crippen LogP contribution in [0.15, 0.2) is 54.7 Å². The lowest BCUT2D eigenvalue weighted by Crippen LogP contribution is -2.50. The number of fused-ring (bicyclic) bond motifs is 1. The highest BCUT2D eigenvalue weighted by atomic mass is 19.1. The number of nitrogens with zero attached hydrogens (tertiary/aromatic N) is 2. The van der Waals surface area contributed by atoms with Gasteiger partial charge in [0.25, 0.3) is 0 Å². The first-order chi connectivity index (χ1) is 12.2. The quantitative estimate of drug-likeness (QED) is 0.749. The predicted molar refractivity (Wildman–Crippen MR) is 97.5 cm³/mol. The third kappa shape index (κ3) is 3.03. The van der Waals surface area contributed by atoms with Gasteiger partial charge in [0.05, 0.1) is 16.6 Å². The predicted octanol–water partition coefficient (Wildman–Crippen LogP) is 3.66. The number of rotatable bonds is 2. The molecule has 2 aromatic carbocycles. The number of carbonyl (C=O) groups is 1. The Morgan fingerprint density at radius 2 is 1.76 bits per heavy atom. The Morgan fingerprint density at radius 3 is 2.52 bits per heavy atom. The molecule has 2 amide bonds. The second kappa shape index (κ2) is 6.47. The van der Waals surface area contributed by atoms with E-state index in [1.54, 1.807) is 23.2 Å². The normalized spacial score (nSPS) is 14.8. The van der Waals surface area contributed by atoms with Gasteiger partial charge in [-0.1, -0.05) is 24.3 Å². The SMILES string of the molecule is O=C(Nc1c[nH]c2cccc(F)c12)N1CCN(c2ccccc2)CC1.